The first kappa shape index (κ1) is 15.6. The minimum absolute atomic E-state index is 0.130. The highest BCUT2D eigenvalue weighted by molar-refractivity contribution is 8.00. The van der Waals surface area contributed by atoms with Gasteiger partial charge in [-0.1, -0.05) is 18.7 Å². The third-order valence-corrected chi connectivity index (χ3v) is 5.82. The van der Waals surface area contributed by atoms with E-state index in [0.717, 1.165) is 30.8 Å². The van der Waals surface area contributed by atoms with E-state index >= 15 is 0 Å². The lowest BCUT2D eigenvalue weighted by molar-refractivity contribution is -0.131. The van der Waals surface area contributed by atoms with Crippen LogP contribution in [0.3, 0.4) is 0 Å². The molecule has 1 N–H and O–H groups in total. The molecule has 22 heavy (non-hydrogen) atoms. The summed E-state index contributed by atoms with van der Waals surface area (Å²) in [5.74, 6) is 0.831. The first-order valence-corrected chi connectivity index (χ1v) is 9.23. The standard InChI is InChI=1S/C15H19N3O2S2/c1-9-3-6-18(7-4-9)14(20)10(2)22-15-16-12(19)11-5-8-21-13(11)17-15/h5,8-10H,3-4,6-7H2,1-2H3,(H,16,17,19)/t10-/m0/s1. The molecule has 0 spiro atoms. The Morgan fingerprint density at radius 3 is 2.95 bits per heavy atom. The van der Waals surface area contributed by atoms with Gasteiger partial charge in [-0.15, -0.1) is 11.3 Å². The average Bonchev–Trinajstić information content (AvgIpc) is 2.96. The second kappa shape index (κ2) is 6.42. The summed E-state index contributed by atoms with van der Waals surface area (Å²) in [6.07, 6.45) is 2.14. The molecule has 0 aliphatic carbocycles. The lowest BCUT2D eigenvalue weighted by Crippen LogP contribution is -2.41. The number of hydrogen-bond donors (Lipinski definition) is 1. The molecule has 3 rings (SSSR count). The maximum Gasteiger partial charge on any atom is 0.260 e. The SMILES string of the molecule is CC1CCN(C(=O)[C@H](C)Sc2nc3sccc3c(=O)[nH]2)CC1. The van der Waals surface area contributed by atoms with Gasteiger partial charge in [0.15, 0.2) is 5.16 Å². The smallest absolute Gasteiger partial charge is 0.260 e. The van der Waals surface area contributed by atoms with Gasteiger partial charge in [-0.05, 0) is 37.1 Å². The van der Waals surface area contributed by atoms with Gasteiger partial charge in [0.2, 0.25) is 5.91 Å². The van der Waals surface area contributed by atoms with Crippen LogP contribution in [0.2, 0.25) is 0 Å². The number of rotatable bonds is 3. The molecule has 0 aromatic carbocycles. The molecule has 0 unspecified atom stereocenters. The van der Waals surface area contributed by atoms with Crippen LogP contribution in [-0.4, -0.2) is 39.1 Å². The molecule has 1 aliphatic heterocycles. The number of thioether (sulfide) groups is 1. The van der Waals surface area contributed by atoms with Gasteiger partial charge >= 0.3 is 0 Å². The van der Waals surface area contributed by atoms with E-state index in [2.05, 4.69) is 16.9 Å². The Kier molecular flexibility index (Phi) is 4.54. The number of H-pyrrole nitrogens is 1. The molecule has 0 saturated carbocycles. The third-order valence-electron chi connectivity index (χ3n) is 4.04. The second-order valence-corrected chi connectivity index (χ2v) is 8.00. The highest BCUT2D eigenvalue weighted by Gasteiger charge is 2.25. The van der Waals surface area contributed by atoms with Gasteiger partial charge in [0, 0.05) is 13.1 Å². The van der Waals surface area contributed by atoms with Crippen LogP contribution < -0.4 is 5.56 Å². The molecular weight excluding hydrogens is 318 g/mol. The van der Waals surface area contributed by atoms with Crippen molar-refractivity contribution in [2.24, 2.45) is 5.92 Å². The molecule has 0 bridgehead atoms. The Bertz CT molecular complexity index is 732. The predicted molar refractivity (Wildman–Crippen MR) is 90.5 cm³/mol. The van der Waals surface area contributed by atoms with Gasteiger partial charge < -0.3 is 9.88 Å². The van der Waals surface area contributed by atoms with Gasteiger partial charge in [-0.3, -0.25) is 9.59 Å². The van der Waals surface area contributed by atoms with Gasteiger partial charge in [0.05, 0.1) is 10.6 Å². The number of hydrogen-bond acceptors (Lipinski definition) is 5. The number of aromatic nitrogens is 2. The van der Waals surface area contributed by atoms with Crippen LogP contribution in [0.4, 0.5) is 0 Å². The van der Waals surface area contributed by atoms with Gasteiger partial charge in [0.1, 0.15) is 4.83 Å². The van der Waals surface area contributed by atoms with Gasteiger partial charge in [-0.25, -0.2) is 4.98 Å². The summed E-state index contributed by atoms with van der Waals surface area (Å²) < 4.78 is 0. The molecule has 1 saturated heterocycles. The number of carbonyl (C=O) groups is 1. The van der Waals surface area contributed by atoms with Crippen molar-refractivity contribution in [1.82, 2.24) is 14.9 Å². The Hall–Kier alpha value is -1.34. The van der Waals surface area contributed by atoms with Crippen molar-refractivity contribution in [2.75, 3.05) is 13.1 Å². The predicted octanol–water partition coefficient (Wildman–Crippen LogP) is 2.72. The van der Waals surface area contributed by atoms with E-state index in [1.165, 1.54) is 23.1 Å². The van der Waals surface area contributed by atoms with E-state index in [9.17, 15) is 9.59 Å². The van der Waals surface area contributed by atoms with E-state index < -0.39 is 0 Å². The number of piperidine rings is 1. The molecule has 1 amide bonds. The van der Waals surface area contributed by atoms with Crippen molar-refractivity contribution in [1.29, 1.82) is 0 Å². The molecule has 7 heteroatoms. The van der Waals surface area contributed by atoms with Crippen LogP contribution in [-0.2, 0) is 4.79 Å². The Morgan fingerprint density at radius 2 is 2.23 bits per heavy atom. The molecule has 5 nitrogen and oxygen atoms in total. The zero-order valence-electron chi connectivity index (χ0n) is 12.7. The molecule has 1 fully saturated rings. The van der Waals surface area contributed by atoms with Crippen LogP contribution in [0.1, 0.15) is 26.7 Å². The van der Waals surface area contributed by atoms with Crippen molar-refractivity contribution in [2.45, 2.75) is 37.1 Å². The van der Waals surface area contributed by atoms with Crippen molar-refractivity contribution < 1.29 is 4.79 Å². The molecule has 118 valence electrons. The zero-order chi connectivity index (χ0) is 15.7. The fraction of sp³-hybridized carbons (Fsp3) is 0.533. The molecule has 2 aromatic heterocycles. The minimum Gasteiger partial charge on any atom is -0.342 e. The van der Waals surface area contributed by atoms with Gasteiger partial charge in [0.25, 0.3) is 5.56 Å². The topological polar surface area (TPSA) is 66.1 Å². The van der Waals surface area contributed by atoms with Crippen molar-refractivity contribution in [3.63, 3.8) is 0 Å². The third kappa shape index (κ3) is 3.20. The minimum atomic E-state index is -0.242. The fourth-order valence-corrected chi connectivity index (χ4v) is 4.31. The van der Waals surface area contributed by atoms with Crippen LogP contribution in [0, 0.1) is 5.92 Å². The number of fused-ring (bicyclic) bond motifs is 1. The summed E-state index contributed by atoms with van der Waals surface area (Å²) in [6.45, 7) is 5.77. The summed E-state index contributed by atoms with van der Waals surface area (Å²) in [6, 6.07) is 1.77. The maximum atomic E-state index is 12.5. The summed E-state index contributed by atoms with van der Waals surface area (Å²) in [4.78, 5) is 34.3. The number of likely N-dealkylation sites (tertiary alicyclic amines) is 1. The summed E-state index contributed by atoms with van der Waals surface area (Å²) in [5, 5.41) is 2.74. The summed E-state index contributed by atoms with van der Waals surface area (Å²) in [5.41, 5.74) is -0.139. The molecule has 2 aromatic rings. The summed E-state index contributed by atoms with van der Waals surface area (Å²) in [7, 11) is 0. The fourth-order valence-electron chi connectivity index (χ4n) is 2.61. The van der Waals surface area contributed by atoms with E-state index in [0.29, 0.717) is 16.5 Å². The zero-order valence-corrected chi connectivity index (χ0v) is 14.3. The number of thiophene rings is 1. The average molecular weight is 337 g/mol. The van der Waals surface area contributed by atoms with Crippen molar-refractivity contribution in [3.05, 3.63) is 21.8 Å². The van der Waals surface area contributed by atoms with E-state index in [4.69, 9.17) is 0 Å². The highest BCUT2D eigenvalue weighted by Crippen LogP contribution is 2.25. The number of aromatic amines is 1. The Balaban J connectivity index is 1.71. The first-order chi connectivity index (χ1) is 10.5. The number of carbonyl (C=O) groups excluding carboxylic acids is 1. The quantitative estimate of drug-likeness (QED) is 0.691. The maximum absolute atomic E-state index is 12.5. The van der Waals surface area contributed by atoms with Crippen LogP contribution >= 0.6 is 23.1 Å². The monoisotopic (exact) mass is 337 g/mol. The molecule has 1 aliphatic rings. The Labute approximate surface area is 137 Å². The lowest BCUT2D eigenvalue weighted by Gasteiger charge is -2.31. The number of amides is 1. The molecule has 3 heterocycles. The number of nitrogens with one attached hydrogen (secondary N) is 1. The first-order valence-electron chi connectivity index (χ1n) is 7.47. The summed E-state index contributed by atoms with van der Waals surface area (Å²) >= 11 is 2.77. The highest BCUT2D eigenvalue weighted by atomic mass is 32.2. The van der Waals surface area contributed by atoms with Gasteiger partial charge in [-0.2, -0.15) is 0 Å². The largest absolute Gasteiger partial charge is 0.342 e. The van der Waals surface area contributed by atoms with Crippen LogP contribution in [0.25, 0.3) is 10.2 Å². The van der Waals surface area contributed by atoms with Crippen molar-refractivity contribution >= 4 is 39.2 Å². The number of nitrogens with zero attached hydrogens (tertiary/aromatic N) is 2. The normalized spacial score (nSPS) is 17.8. The molecule has 1 atom stereocenters. The van der Waals surface area contributed by atoms with Crippen LogP contribution in [0.5, 0.6) is 0 Å². The molecule has 0 radical (unpaired) electrons. The van der Waals surface area contributed by atoms with E-state index in [1.54, 1.807) is 6.07 Å². The lowest BCUT2D eigenvalue weighted by atomic mass is 9.99. The van der Waals surface area contributed by atoms with E-state index in [1.807, 2.05) is 17.2 Å². The second-order valence-electron chi connectivity index (χ2n) is 5.78. The molecular formula is C15H19N3O2S2. The van der Waals surface area contributed by atoms with E-state index in [-0.39, 0.29) is 16.7 Å². The Morgan fingerprint density at radius 1 is 1.50 bits per heavy atom. The van der Waals surface area contributed by atoms with Crippen molar-refractivity contribution in [3.8, 4) is 0 Å². The van der Waals surface area contributed by atoms with Crippen LogP contribution in [0.15, 0.2) is 21.4 Å².